The van der Waals surface area contributed by atoms with Crippen LogP contribution in [0.2, 0.25) is 0 Å². The summed E-state index contributed by atoms with van der Waals surface area (Å²) in [6.07, 6.45) is 3.04. The molecule has 5 heteroatoms. The minimum atomic E-state index is -0.921. The fraction of sp³-hybridized carbons (Fsp3) is 0.100. The van der Waals surface area contributed by atoms with Crippen LogP contribution in [0.4, 0.5) is 0 Å². The van der Waals surface area contributed by atoms with Crippen molar-refractivity contribution in [3.05, 3.63) is 48.0 Å². The van der Waals surface area contributed by atoms with Crippen molar-refractivity contribution in [3.63, 3.8) is 0 Å². The molecule has 1 heterocycles. The van der Waals surface area contributed by atoms with E-state index >= 15 is 0 Å². The summed E-state index contributed by atoms with van der Waals surface area (Å²) < 4.78 is 1.64. The molecule has 1 aromatic carbocycles. The van der Waals surface area contributed by atoms with Gasteiger partial charge in [0.15, 0.2) is 0 Å². The van der Waals surface area contributed by atoms with E-state index in [9.17, 15) is 4.79 Å². The van der Waals surface area contributed by atoms with Gasteiger partial charge in [0.1, 0.15) is 12.7 Å². The molecule has 1 N–H and O–H groups in total. The van der Waals surface area contributed by atoms with Crippen molar-refractivity contribution in [2.24, 2.45) is 0 Å². The number of benzene rings is 1. The lowest BCUT2D eigenvalue weighted by atomic mass is 10.1. The monoisotopic (exact) mass is 203 g/mol. The topological polar surface area (TPSA) is 68.0 Å². The van der Waals surface area contributed by atoms with Gasteiger partial charge in [-0.25, -0.2) is 14.5 Å². The first-order valence-corrected chi connectivity index (χ1v) is 4.40. The largest absolute Gasteiger partial charge is 0.478 e. The summed E-state index contributed by atoms with van der Waals surface area (Å²) in [5, 5.41) is 12.7. The third kappa shape index (κ3) is 2.19. The third-order valence-electron chi connectivity index (χ3n) is 1.99. The van der Waals surface area contributed by atoms with Crippen molar-refractivity contribution < 1.29 is 9.90 Å². The van der Waals surface area contributed by atoms with Gasteiger partial charge in [0.05, 0.1) is 12.1 Å². The second-order valence-corrected chi connectivity index (χ2v) is 3.10. The summed E-state index contributed by atoms with van der Waals surface area (Å²) in [5.41, 5.74) is 1.17. The van der Waals surface area contributed by atoms with Crippen molar-refractivity contribution in [1.29, 1.82) is 0 Å². The first kappa shape index (κ1) is 9.39. The average Bonchev–Trinajstić information content (AvgIpc) is 2.71. The quantitative estimate of drug-likeness (QED) is 0.808. The highest BCUT2D eigenvalue weighted by Crippen LogP contribution is 2.06. The van der Waals surface area contributed by atoms with E-state index in [1.165, 1.54) is 6.33 Å². The summed E-state index contributed by atoms with van der Waals surface area (Å²) in [6.45, 7) is 0.529. The van der Waals surface area contributed by atoms with Crippen molar-refractivity contribution in [1.82, 2.24) is 14.8 Å². The lowest BCUT2D eigenvalue weighted by Crippen LogP contribution is -2.02. The molecule has 0 radical (unpaired) electrons. The number of hydrogen-bond donors (Lipinski definition) is 1. The molecule has 0 aliphatic heterocycles. The summed E-state index contributed by atoms with van der Waals surface area (Å²) in [6, 6.07) is 6.76. The molecule has 0 atom stereocenters. The molecule has 15 heavy (non-hydrogen) atoms. The van der Waals surface area contributed by atoms with Crippen molar-refractivity contribution >= 4 is 5.97 Å². The molecule has 1 aromatic heterocycles. The molecule has 5 nitrogen and oxygen atoms in total. The zero-order valence-electron chi connectivity index (χ0n) is 7.87. The molecular weight excluding hydrogens is 194 g/mol. The van der Waals surface area contributed by atoms with Crippen LogP contribution in [-0.4, -0.2) is 25.8 Å². The Bertz CT molecular complexity index is 465. The maximum Gasteiger partial charge on any atom is 0.335 e. The fourth-order valence-corrected chi connectivity index (χ4v) is 1.30. The van der Waals surface area contributed by atoms with Gasteiger partial charge in [-0.3, -0.25) is 0 Å². The van der Waals surface area contributed by atoms with Gasteiger partial charge in [-0.1, -0.05) is 12.1 Å². The number of aromatic carboxylic acids is 1. The molecule has 0 aliphatic rings. The predicted molar refractivity (Wildman–Crippen MR) is 52.5 cm³/mol. The Hall–Kier alpha value is -2.17. The van der Waals surface area contributed by atoms with Gasteiger partial charge in [-0.05, 0) is 17.7 Å². The van der Waals surface area contributed by atoms with E-state index in [2.05, 4.69) is 10.1 Å². The molecule has 0 spiro atoms. The highest BCUT2D eigenvalue weighted by Gasteiger charge is 2.03. The van der Waals surface area contributed by atoms with Crippen LogP contribution in [0.3, 0.4) is 0 Å². The standard InChI is InChI=1S/C10H9N3O2/c14-10(15)9-3-1-2-8(4-9)5-13-7-11-6-12-13/h1-4,6-7H,5H2,(H,14,15). The Morgan fingerprint density at radius 2 is 2.33 bits per heavy atom. The van der Waals surface area contributed by atoms with Crippen molar-refractivity contribution in [2.45, 2.75) is 6.54 Å². The van der Waals surface area contributed by atoms with Gasteiger partial charge in [-0.2, -0.15) is 5.10 Å². The lowest BCUT2D eigenvalue weighted by molar-refractivity contribution is 0.0696. The van der Waals surface area contributed by atoms with Crippen LogP contribution in [0.15, 0.2) is 36.9 Å². The first-order valence-electron chi connectivity index (χ1n) is 4.40. The molecule has 2 rings (SSSR count). The van der Waals surface area contributed by atoms with Gasteiger partial charge in [0.25, 0.3) is 0 Å². The molecule has 2 aromatic rings. The third-order valence-corrected chi connectivity index (χ3v) is 1.99. The fourth-order valence-electron chi connectivity index (χ4n) is 1.30. The number of aromatic nitrogens is 3. The highest BCUT2D eigenvalue weighted by atomic mass is 16.4. The Balaban J connectivity index is 2.22. The number of carboxylic acid groups (broad SMARTS) is 1. The van der Waals surface area contributed by atoms with E-state index in [-0.39, 0.29) is 5.56 Å². The van der Waals surface area contributed by atoms with Gasteiger partial charge < -0.3 is 5.11 Å². The number of nitrogens with zero attached hydrogens (tertiary/aromatic N) is 3. The normalized spacial score (nSPS) is 10.1. The van der Waals surface area contributed by atoms with E-state index in [1.807, 2.05) is 6.07 Å². The van der Waals surface area contributed by atoms with Crippen LogP contribution in [0.5, 0.6) is 0 Å². The SMILES string of the molecule is O=C(O)c1cccc(Cn2cncn2)c1. The van der Waals surface area contributed by atoms with Crippen LogP contribution in [0, 0.1) is 0 Å². The summed E-state index contributed by atoms with van der Waals surface area (Å²) >= 11 is 0. The average molecular weight is 203 g/mol. The van der Waals surface area contributed by atoms with Gasteiger partial charge >= 0.3 is 5.97 Å². The van der Waals surface area contributed by atoms with E-state index in [0.29, 0.717) is 6.54 Å². The minimum absolute atomic E-state index is 0.285. The Kier molecular flexibility index (Phi) is 2.45. The second kappa shape index (κ2) is 3.91. The van der Waals surface area contributed by atoms with Crippen LogP contribution in [-0.2, 0) is 6.54 Å². The van der Waals surface area contributed by atoms with Crippen LogP contribution >= 0.6 is 0 Å². The molecule has 0 saturated heterocycles. The summed E-state index contributed by atoms with van der Waals surface area (Å²) in [7, 11) is 0. The molecule has 0 fully saturated rings. The lowest BCUT2D eigenvalue weighted by Gasteiger charge is -2.02. The van der Waals surface area contributed by atoms with Crippen LogP contribution < -0.4 is 0 Å². The minimum Gasteiger partial charge on any atom is -0.478 e. The number of carboxylic acids is 1. The van der Waals surface area contributed by atoms with E-state index in [1.54, 1.807) is 29.2 Å². The zero-order chi connectivity index (χ0) is 10.7. The Morgan fingerprint density at radius 1 is 1.47 bits per heavy atom. The second-order valence-electron chi connectivity index (χ2n) is 3.10. The van der Waals surface area contributed by atoms with Crippen LogP contribution in [0.1, 0.15) is 15.9 Å². The molecular formula is C10H9N3O2. The Labute approximate surface area is 86.0 Å². The molecule has 0 aliphatic carbocycles. The Morgan fingerprint density at radius 3 is 3.00 bits per heavy atom. The van der Waals surface area contributed by atoms with Gasteiger partial charge in [0, 0.05) is 0 Å². The summed E-state index contributed by atoms with van der Waals surface area (Å²) in [5.74, 6) is -0.921. The number of hydrogen-bond acceptors (Lipinski definition) is 3. The predicted octanol–water partition coefficient (Wildman–Crippen LogP) is 1.02. The van der Waals surface area contributed by atoms with Crippen molar-refractivity contribution in [3.8, 4) is 0 Å². The van der Waals surface area contributed by atoms with Crippen LogP contribution in [0.25, 0.3) is 0 Å². The number of rotatable bonds is 3. The highest BCUT2D eigenvalue weighted by molar-refractivity contribution is 5.87. The van der Waals surface area contributed by atoms with E-state index in [0.717, 1.165) is 5.56 Å². The van der Waals surface area contributed by atoms with Gasteiger partial charge in [-0.15, -0.1) is 0 Å². The molecule has 0 saturated carbocycles. The smallest absolute Gasteiger partial charge is 0.335 e. The molecule has 0 bridgehead atoms. The molecule has 0 amide bonds. The maximum atomic E-state index is 10.7. The van der Waals surface area contributed by atoms with Crippen molar-refractivity contribution in [2.75, 3.05) is 0 Å². The molecule has 76 valence electrons. The van der Waals surface area contributed by atoms with Gasteiger partial charge in [0.2, 0.25) is 0 Å². The first-order chi connectivity index (χ1) is 7.25. The summed E-state index contributed by atoms with van der Waals surface area (Å²) in [4.78, 5) is 14.5. The molecule has 0 unspecified atom stereocenters. The maximum absolute atomic E-state index is 10.7. The van der Waals surface area contributed by atoms with E-state index < -0.39 is 5.97 Å². The van der Waals surface area contributed by atoms with E-state index in [4.69, 9.17) is 5.11 Å². The zero-order valence-corrected chi connectivity index (χ0v) is 7.87. The number of carbonyl (C=O) groups is 1.